The maximum atomic E-state index is 11.5. The van der Waals surface area contributed by atoms with Crippen molar-refractivity contribution in [3.05, 3.63) is 53.9 Å². The molecule has 0 unspecified atom stereocenters. The van der Waals surface area contributed by atoms with Crippen LogP contribution in [0.25, 0.3) is 16.9 Å². The van der Waals surface area contributed by atoms with Crippen LogP contribution in [0, 0.1) is 6.33 Å². The van der Waals surface area contributed by atoms with E-state index in [1.807, 2.05) is 6.07 Å². The van der Waals surface area contributed by atoms with Crippen LogP contribution in [0.15, 0.2) is 36.4 Å². The van der Waals surface area contributed by atoms with E-state index in [0.29, 0.717) is 17.3 Å². The molecular formula is C19H21N6O. The molecule has 1 aromatic carbocycles. The molecule has 3 aromatic rings. The standard InChI is InChI=1S/C19H21N6O/c1-23(2)15-10-24(11-15)9-13-3-5-14(6-4-13)17-8-7-16(18(20)26)19-21-12-22-25(17)19/h3-8,15H,9-11H2,1-2H3,(H2,20,26). The monoisotopic (exact) mass is 349 g/mol. The average Bonchev–Trinajstić information content (AvgIpc) is 3.06. The number of amides is 1. The fourth-order valence-electron chi connectivity index (χ4n) is 3.31. The molecule has 1 amide bonds. The summed E-state index contributed by atoms with van der Waals surface area (Å²) in [5.74, 6) is -0.524. The number of primary amides is 1. The molecule has 1 aliphatic rings. The van der Waals surface area contributed by atoms with Gasteiger partial charge in [-0.15, -0.1) is 5.10 Å². The third-order valence-electron chi connectivity index (χ3n) is 4.97. The first-order chi connectivity index (χ1) is 12.5. The first-order valence-corrected chi connectivity index (χ1v) is 8.56. The number of carbonyl (C=O) groups excluding carboxylic acids is 1. The first kappa shape index (κ1) is 16.7. The lowest BCUT2D eigenvalue weighted by Crippen LogP contribution is -2.56. The molecule has 26 heavy (non-hydrogen) atoms. The van der Waals surface area contributed by atoms with Crippen molar-refractivity contribution in [2.75, 3.05) is 27.2 Å². The first-order valence-electron chi connectivity index (χ1n) is 8.56. The second kappa shape index (κ2) is 6.51. The minimum atomic E-state index is -0.524. The SMILES string of the molecule is CN(C)C1CN(Cc2ccc(-c3ccc(C(N)=O)c4n[c]nn34)cc2)C1. The second-order valence-electron chi connectivity index (χ2n) is 6.95. The van der Waals surface area contributed by atoms with Gasteiger partial charge in [-0.05, 0) is 31.8 Å². The third-order valence-corrected chi connectivity index (χ3v) is 4.97. The molecule has 0 bridgehead atoms. The van der Waals surface area contributed by atoms with Gasteiger partial charge in [0.1, 0.15) is 0 Å². The Balaban J connectivity index is 1.54. The van der Waals surface area contributed by atoms with Gasteiger partial charge >= 0.3 is 0 Å². The van der Waals surface area contributed by atoms with Gasteiger partial charge in [-0.1, -0.05) is 24.3 Å². The number of hydrogen-bond donors (Lipinski definition) is 1. The van der Waals surface area contributed by atoms with Gasteiger partial charge in [0.15, 0.2) is 5.65 Å². The smallest absolute Gasteiger partial charge is 0.252 e. The van der Waals surface area contributed by atoms with Crippen molar-refractivity contribution in [1.82, 2.24) is 24.4 Å². The highest BCUT2D eigenvalue weighted by Gasteiger charge is 2.27. The number of nitrogens with zero attached hydrogens (tertiary/aromatic N) is 5. The molecule has 3 heterocycles. The summed E-state index contributed by atoms with van der Waals surface area (Å²) in [6.45, 7) is 3.18. The lowest BCUT2D eigenvalue weighted by molar-refractivity contribution is 0.0574. The van der Waals surface area contributed by atoms with E-state index < -0.39 is 5.91 Å². The number of rotatable bonds is 5. The zero-order valence-corrected chi connectivity index (χ0v) is 14.9. The lowest BCUT2D eigenvalue weighted by Gasteiger charge is -2.42. The number of pyridine rings is 1. The molecule has 1 aliphatic heterocycles. The van der Waals surface area contributed by atoms with Crippen molar-refractivity contribution in [3.8, 4) is 11.3 Å². The largest absolute Gasteiger partial charge is 0.365 e. The molecule has 4 rings (SSSR count). The van der Waals surface area contributed by atoms with Gasteiger partial charge in [0.25, 0.3) is 5.91 Å². The summed E-state index contributed by atoms with van der Waals surface area (Å²) < 4.78 is 1.60. The van der Waals surface area contributed by atoms with Gasteiger partial charge in [-0.2, -0.15) is 0 Å². The Morgan fingerprint density at radius 3 is 2.62 bits per heavy atom. The quantitative estimate of drug-likeness (QED) is 0.744. The lowest BCUT2D eigenvalue weighted by atomic mass is 10.0. The summed E-state index contributed by atoms with van der Waals surface area (Å²) >= 11 is 0. The van der Waals surface area contributed by atoms with Crippen LogP contribution >= 0.6 is 0 Å². The number of likely N-dealkylation sites (tertiary alicyclic amines) is 1. The van der Waals surface area contributed by atoms with Gasteiger partial charge in [-0.3, -0.25) is 9.69 Å². The molecular weight excluding hydrogens is 328 g/mol. The average molecular weight is 349 g/mol. The topological polar surface area (TPSA) is 79.8 Å². The van der Waals surface area contributed by atoms with E-state index in [0.717, 1.165) is 30.9 Å². The van der Waals surface area contributed by atoms with Crippen LogP contribution in [0.3, 0.4) is 0 Å². The zero-order chi connectivity index (χ0) is 18.3. The molecule has 133 valence electrons. The molecule has 1 saturated heterocycles. The summed E-state index contributed by atoms with van der Waals surface area (Å²) in [6.07, 6.45) is 2.55. The molecule has 0 saturated carbocycles. The predicted octanol–water partition coefficient (Wildman–Crippen LogP) is 1.04. The highest BCUT2D eigenvalue weighted by atomic mass is 16.1. The normalized spacial score (nSPS) is 15.5. The van der Waals surface area contributed by atoms with Crippen molar-refractivity contribution >= 4 is 11.6 Å². The van der Waals surface area contributed by atoms with E-state index in [4.69, 9.17) is 5.73 Å². The third kappa shape index (κ3) is 2.95. The fourth-order valence-corrected chi connectivity index (χ4v) is 3.31. The minimum Gasteiger partial charge on any atom is -0.365 e. The van der Waals surface area contributed by atoms with E-state index in [9.17, 15) is 4.79 Å². The highest BCUT2D eigenvalue weighted by Crippen LogP contribution is 2.23. The van der Waals surface area contributed by atoms with Gasteiger partial charge < -0.3 is 10.6 Å². The number of nitrogens with two attached hydrogens (primary N) is 1. The van der Waals surface area contributed by atoms with E-state index >= 15 is 0 Å². The van der Waals surface area contributed by atoms with Gasteiger partial charge in [-0.25, -0.2) is 9.50 Å². The molecule has 1 radical (unpaired) electrons. The Morgan fingerprint density at radius 2 is 1.96 bits per heavy atom. The summed E-state index contributed by atoms with van der Waals surface area (Å²) in [6, 6.07) is 12.6. The molecule has 2 aromatic heterocycles. The number of benzene rings is 1. The predicted molar refractivity (Wildman–Crippen MR) is 98.5 cm³/mol. The minimum absolute atomic E-state index is 0.340. The Labute approximate surface area is 152 Å². The molecule has 0 atom stereocenters. The Morgan fingerprint density at radius 1 is 1.23 bits per heavy atom. The van der Waals surface area contributed by atoms with E-state index in [2.05, 4.69) is 64.6 Å². The maximum Gasteiger partial charge on any atom is 0.252 e. The maximum absolute atomic E-state index is 11.5. The number of fused-ring (bicyclic) bond motifs is 1. The van der Waals surface area contributed by atoms with Crippen molar-refractivity contribution in [3.63, 3.8) is 0 Å². The van der Waals surface area contributed by atoms with Crippen molar-refractivity contribution in [2.45, 2.75) is 12.6 Å². The number of aromatic nitrogens is 3. The van der Waals surface area contributed by atoms with E-state index in [-0.39, 0.29) is 0 Å². The van der Waals surface area contributed by atoms with E-state index in [1.54, 1.807) is 10.6 Å². The Hall–Kier alpha value is -2.77. The summed E-state index contributed by atoms with van der Waals surface area (Å²) in [7, 11) is 4.26. The molecule has 0 spiro atoms. The van der Waals surface area contributed by atoms with Gasteiger partial charge in [0.2, 0.25) is 6.33 Å². The van der Waals surface area contributed by atoms with Crippen LogP contribution in [0.5, 0.6) is 0 Å². The van der Waals surface area contributed by atoms with Crippen LogP contribution in [-0.2, 0) is 6.54 Å². The highest BCUT2D eigenvalue weighted by molar-refractivity contribution is 5.99. The summed E-state index contributed by atoms with van der Waals surface area (Å²) in [5.41, 5.74) is 9.30. The van der Waals surface area contributed by atoms with Gasteiger partial charge in [0, 0.05) is 31.2 Å². The Kier molecular flexibility index (Phi) is 4.18. The van der Waals surface area contributed by atoms with E-state index in [1.165, 1.54) is 5.56 Å². The molecule has 0 aliphatic carbocycles. The number of carbonyl (C=O) groups is 1. The number of hydrogen-bond acceptors (Lipinski definition) is 5. The van der Waals surface area contributed by atoms with Crippen molar-refractivity contribution in [2.24, 2.45) is 5.73 Å². The number of likely N-dealkylation sites (N-methyl/N-ethyl adjacent to an activating group) is 1. The molecule has 7 heteroatoms. The van der Waals surface area contributed by atoms with Crippen LogP contribution in [-0.4, -0.2) is 63.5 Å². The van der Waals surface area contributed by atoms with Crippen LogP contribution in [0.2, 0.25) is 0 Å². The molecule has 2 N–H and O–H groups in total. The molecule has 1 fully saturated rings. The molecule has 7 nitrogen and oxygen atoms in total. The van der Waals surface area contributed by atoms with Gasteiger partial charge in [0.05, 0.1) is 11.3 Å². The van der Waals surface area contributed by atoms with Crippen LogP contribution < -0.4 is 5.73 Å². The Bertz CT molecular complexity index is 940. The van der Waals surface area contributed by atoms with Crippen LogP contribution in [0.1, 0.15) is 15.9 Å². The fraction of sp³-hybridized carbons (Fsp3) is 0.316. The van der Waals surface area contributed by atoms with Crippen LogP contribution in [0.4, 0.5) is 0 Å². The van der Waals surface area contributed by atoms with Crippen molar-refractivity contribution < 1.29 is 4.79 Å². The summed E-state index contributed by atoms with van der Waals surface area (Å²) in [4.78, 5) is 20.3. The second-order valence-corrected chi connectivity index (χ2v) is 6.95. The summed E-state index contributed by atoms with van der Waals surface area (Å²) in [5, 5.41) is 4.12. The van der Waals surface area contributed by atoms with Crippen molar-refractivity contribution in [1.29, 1.82) is 0 Å². The zero-order valence-electron chi connectivity index (χ0n) is 14.9.